The van der Waals surface area contributed by atoms with Crippen LogP contribution in [0.15, 0.2) is 40.8 Å². The van der Waals surface area contributed by atoms with Gasteiger partial charge in [-0.1, -0.05) is 0 Å². The molecule has 1 aromatic heterocycles. The Bertz CT molecular complexity index is 852. The van der Waals surface area contributed by atoms with Crippen LogP contribution in [0.1, 0.15) is 35.6 Å². The number of hydrogen-bond acceptors (Lipinski definition) is 4. The molecule has 2 aliphatic rings. The highest BCUT2D eigenvalue weighted by Gasteiger charge is 2.59. The number of carboxylic acid groups (broad SMARTS) is 1. The summed E-state index contributed by atoms with van der Waals surface area (Å²) in [6.07, 6.45) is 2.16. The van der Waals surface area contributed by atoms with Gasteiger partial charge in [0.05, 0.1) is 5.92 Å². The average Bonchev–Trinajstić information content (AvgIpc) is 3.16. The van der Waals surface area contributed by atoms with E-state index in [1.165, 1.54) is 24.3 Å². The second kappa shape index (κ2) is 6.72. The Morgan fingerprint density at radius 2 is 1.89 bits per heavy atom. The Labute approximate surface area is 155 Å². The minimum Gasteiger partial charge on any atom is -0.486 e. The molecule has 1 atom stereocenters. The predicted molar refractivity (Wildman–Crippen MR) is 92.8 cm³/mol. The molecule has 7 heteroatoms. The molecule has 4 rings (SSSR count). The second-order valence-corrected chi connectivity index (χ2v) is 7.26. The lowest BCUT2D eigenvalue weighted by molar-refractivity contribution is -0.139. The molecule has 2 aromatic rings. The second-order valence-electron chi connectivity index (χ2n) is 7.26. The van der Waals surface area contributed by atoms with Crippen molar-refractivity contribution < 1.29 is 28.2 Å². The topological polar surface area (TPSA) is 80.0 Å². The van der Waals surface area contributed by atoms with Crippen molar-refractivity contribution in [2.24, 2.45) is 11.3 Å². The first kappa shape index (κ1) is 17.6. The van der Waals surface area contributed by atoms with Gasteiger partial charge >= 0.3 is 5.97 Å². The smallest absolute Gasteiger partial charge is 0.307 e. The molecule has 1 saturated heterocycles. The van der Waals surface area contributed by atoms with Crippen molar-refractivity contribution in [3.05, 3.63) is 53.7 Å². The number of carbonyl (C=O) groups is 2. The van der Waals surface area contributed by atoms with Crippen LogP contribution in [0.2, 0.25) is 0 Å². The van der Waals surface area contributed by atoms with Gasteiger partial charge in [-0.25, -0.2) is 4.39 Å². The fraction of sp³-hybridized carbons (Fsp3) is 0.400. The van der Waals surface area contributed by atoms with E-state index in [-0.39, 0.29) is 35.4 Å². The van der Waals surface area contributed by atoms with Crippen LogP contribution in [0.4, 0.5) is 4.39 Å². The molecule has 0 bridgehead atoms. The van der Waals surface area contributed by atoms with Crippen molar-refractivity contribution in [3.8, 4) is 5.75 Å². The Morgan fingerprint density at radius 3 is 2.52 bits per heavy atom. The molecule has 142 valence electrons. The number of aliphatic carboxylic acids is 1. The fourth-order valence-electron chi connectivity index (χ4n) is 3.82. The summed E-state index contributed by atoms with van der Waals surface area (Å²) in [5.74, 6) is -0.249. The van der Waals surface area contributed by atoms with Crippen molar-refractivity contribution in [1.82, 2.24) is 4.90 Å². The highest BCUT2D eigenvalue weighted by molar-refractivity contribution is 5.91. The van der Waals surface area contributed by atoms with Crippen LogP contribution < -0.4 is 4.74 Å². The van der Waals surface area contributed by atoms with Crippen molar-refractivity contribution >= 4 is 11.9 Å². The van der Waals surface area contributed by atoms with Gasteiger partial charge in [0.1, 0.15) is 23.9 Å². The number of likely N-dealkylation sites (tertiary alicyclic amines) is 1. The van der Waals surface area contributed by atoms with Gasteiger partial charge in [-0.05, 0) is 61.1 Å². The van der Waals surface area contributed by atoms with Crippen LogP contribution in [0.5, 0.6) is 5.75 Å². The molecule has 6 nitrogen and oxygen atoms in total. The molecule has 1 aliphatic heterocycles. The summed E-state index contributed by atoms with van der Waals surface area (Å²) >= 11 is 0. The summed E-state index contributed by atoms with van der Waals surface area (Å²) in [4.78, 5) is 25.4. The maximum atomic E-state index is 12.9. The Hall–Kier alpha value is -2.83. The quantitative estimate of drug-likeness (QED) is 0.870. The van der Waals surface area contributed by atoms with E-state index in [0.717, 1.165) is 19.3 Å². The number of nitrogens with zero attached hydrogens (tertiary/aromatic N) is 1. The van der Waals surface area contributed by atoms with E-state index < -0.39 is 5.97 Å². The lowest BCUT2D eigenvalue weighted by Gasteiger charge is -2.32. The number of benzene rings is 1. The van der Waals surface area contributed by atoms with E-state index in [1.54, 1.807) is 17.0 Å². The predicted octanol–water partition coefficient (Wildman–Crippen LogP) is 3.32. The van der Waals surface area contributed by atoms with Crippen LogP contribution in [0, 0.1) is 17.2 Å². The Balaban J connectivity index is 1.31. The van der Waals surface area contributed by atoms with E-state index in [4.69, 9.17) is 14.3 Å². The minimum atomic E-state index is -0.730. The monoisotopic (exact) mass is 373 g/mol. The van der Waals surface area contributed by atoms with E-state index in [9.17, 15) is 14.0 Å². The van der Waals surface area contributed by atoms with E-state index in [0.29, 0.717) is 24.6 Å². The number of carbonyl (C=O) groups excluding carboxylic acids is 1. The summed E-state index contributed by atoms with van der Waals surface area (Å²) < 4.78 is 24.0. The number of hydrogen-bond donors (Lipinski definition) is 1. The summed E-state index contributed by atoms with van der Waals surface area (Å²) in [5, 5.41) is 9.15. The van der Waals surface area contributed by atoms with E-state index in [2.05, 4.69) is 0 Å². The van der Waals surface area contributed by atoms with Gasteiger partial charge in [0.15, 0.2) is 5.76 Å². The molecule has 1 amide bonds. The van der Waals surface area contributed by atoms with Crippen LogP contribution in [-0.2, 0) is 11.4 Å². The lowest BCUT2D eigenvalue weighted by atomic mass is 9.90. The average molecular weight is 373 g/mol. The van der Waals surface area contributed by atoms with Gasteiger partial charge < -0.3 is 19.2 Å². The zero-order valence-corrected chi connectivity index (χ0v) is 14.7. The molecular weight excluding hydrogens is 353 g/mol. The maximum Gasteiger partial charge on any atom is 0.307 e. The molecular formula is C20H20FNO5. The maximum absolute atomic E-state index is 12.9. The SMILES string of the molecule is O=C(O)C1CC12CCN(C(=O)c1ccc(COc3ccc(F)cc3)o1)CC2. The summed E-state index contributed by atoms with van der Waals surface area (Å²) in [7, 11) is 0. The number of rotatable bonds is 5. The normalized spacial score (nSPS) is 20.5. The molecule has 2 fully saturated rings. The van der Waals surface area contributed by atoms with Crippen molar-refractivity contribution in [2.75, 3.05) is 13.1 Å². The molecule has 1 aromatic carbocycles. The van der Waals surface area contributed by atoms with Crippen LogP contribution in [0.3, 0.4) is 0 Å². The first-order valence-corrected chi connectivity index (χ1v) is 8.96. The molecule has 1 saturated carbocycles. The molecule has 0 radical (unpaired) electrons. The number of amides is 1. The molecule has 1 aliphatic carbocycles. The molecule has 27 heavy (non-hydrogen) atoms. The van der Waals surface area contributed by atoms with Crippen molar-refractivity contribution in [3.63, 3.8) is 0 Å². The lowest BCUT2D eigenvalue weighted by Crippen LogP contribution is -2.39. The molecule has 1 spiro atoms. The van der Waals surface area contributed by atoms with Gasteiger partial charge in [0.2, 0.25) is 0 Å². The van der Waals surface area contributed by atoms with Crippen molar-refractivity contribution in [1.29, 1.82) is 0 Å². The Morgan fingerprint density at radius 1 is 1.19 bits per heavy atom. The first-order chi connectivity index (χ1) is 13.0. The number of piperidine rings is 1. The van der Waals surface area contributed by atoms with Crippen molar-refractivity contribution in [2.45, 2.75) is 25.9 Å². The van der Waals surface area contributed by atoms with Gasteiger partial charge in [-0.3, -0.25) is 9.59 Å². The number of ether oxygens (including phenoxy) is 1. The van der Waals surface area contributed by atoms with Crippen LogP contribution in [0.25, 0.3) is 0 Å². The standard InChI is InChI=1S/C20H20FNO5/c21-13-1-3-14(4-2-13)26-12-15-5-6-17(27-15)18(23)22-9-7-20(8-10-22)11-16(20)19(24)25/h1-6,16H,7-12H2,(H,24,25). The van der Waals surface area contributed by atoms with Crippen LogP contribution >= 0.6 is 0 Å². The van der Waals surface area contributed by atoms with Gasteiger partial charge in [0.25, 0.3) is 5.91 Å². The van der Waals surface area contributed by atoms with Crippen LogP contribution in [-0.4, -0.2) is 35.0 Å². The molecule has 2 heterocycles. The molecule has 1 N–H and O–H groups in total. The van der Waals surface area contributed by atoms with E-state index >= 15 is 0 Å². The van der Waals surface area contributed by atoms with E-state index in [1.807, 2.05) is 0 Å². The largest absolute Gasteiger partial charge is 0.486 e. The van der Waals surface area contributed by atoms with Gasteiger partial charge in [0, 0.05) is 13.1 Å². The summed E-state index contributed by atoms with van der Waals surface area (Å²) in [5.41, 5.74) is -0.111. The Kier molecular flexibility index (Phi) is 4.37. The third-order valence-electron chi connectivity index (χ3n) is 5.60. The zero-order chi connectivity index (χ0) is 19.0. The first-order valence-electron chi connectivity index (χ1n) is 8.96. The van der Waals surface area contributed by atoms with Gasteiger partial charge in [-0.2, -0.15) is 0 Å². The van der Waals surface area contributed by atoms with Gasteiger partial charge in [-0.15, -0.1) is 0 Å². The molecule has 1 unspecified atom stereocenters. The number of furan rings is 1. The summed E-state index contributed by atoms with van der Waals surface area (Å²) in [6.45, 7) is 1.23. The highest BCUT2D eigenvalue weighted by atomic mass is 19.1. The number of carboxylic acids is 1. The summed E-state index contributed by atoms with van der Waals surface area (Å²) in [6, 6.07) is 8.97. The zero-order valence-electron chi connectivity index (χ0n) is 14.7. The highest BCUT2D eigenvalue weighted by Crippen LogP contribution is 2.59. The third kappa shape index (κ3) is 3.54. The number of halogens is 1. The third-order valence-corrected chi connectivity index (χ3v) is 5.60. The minimum absolute atomic E-state index is 0.111. The fourth-order valence-corrected chi connectivity index (χ4v) is 3.82.